The summed E-state index contributed by atoms with van der Waals surface area (Å²) >= 11 is 0. The van der Waals surface area contributed by atoms with E-state index in [1.54, 1.807) is 6.92 Å². The molecule has 8 nitrogen and oxygen atoms in total. The predicted octanol–water partition coefficient (Wildman–Crippen LogP) is 0.564. The Kier molecular flexibility index (Phi) is 4.06. The Hall–Kier alpha value is -2.64. The molecule has 0 radical (unpaired) electrons. The Morgan fingerprint density at radius 2 is 2.24 bits per heavy atom. The predicted molar refractivity (Wildman–Crippen MR) is 73.2 cm³/mol. The van der Waals surface area contributed by atoms with E-state index in [0.717, 1.165) is 0 Å². The van der Waals surface area contributed by atoms with Crippen LogP contribution in [-0.2, 0) is 4.79 Å². The summed E-state index contributed by atoms with van der Waals surface area (Å²) in [4.78, 5) is 35.8. The molecule has 1 unspecified atom stereocenters. The summed E-state index contributed by atoms with van der Waals surface area (Å²) < 4.78 is 5.08. The van der Waals surface area contributed by atoms with Crippen LogP contribution in [0.2, 0.25) is 0 Å². The molecule has 0 saturated carbocycles. The highest BCUT2D eigenvalue weighted by Gasteiger charge is 2.32. The van der Waals surface area contributed by atoms with Gasteiger partial charge < -0.3 is 15.0 Å². The van der Waals surface area contributed by atoms with E-state index in [9.17, 15) is 19.7 Å². The van der Waals surface area contributed by atoms with Gasteiger partial charge in [-0.15, -0.1) is 0 Å². The van der Waals surface area contributed by atoms with Crippen LogP contribution in [0.4, 0.5) is 5.69 Å². The van der Waals surface area contributed by atoms with Gasteiger partial charge in [0.2, 0.25) is 5.91 Å². The second kappa shape index (κ2) is 5.78. The first kappa shape index (κ1) is 14.8. The van der Waals surface area contributed by atoms with Crippen molar-refractivity contribution in [3.8, 4) is 5.75 Å². The molecule has 112 valence electrons. The molecule has 1 saturated heterocycles. The lowest BCUT2D eigenvalue weighted by Crippen LogP contribution is -2.55. The van der Waals surface area contributed by atoms with Gasteiger partial charge in [0.15, 0.2) is 0 Å². The second-order valence-corrected chi connectivity index (χ2v) is 4.61. The summed E-state index contributed by atoms with van der Waals surface area (Å²) in [5.74, 6) is -0.472. The van der Waals surface area contributed by atoms with Gasteiger partial charge in [0.1, 0.15) is 11.8 Å². The number of benzene rings is 1. The number of ether oxygens (including phenoxy) is 1. The van der Waals surface area contributed by atoms with Crippen LogP contribution in [0.3, 0.4) is 0 Å². The number of piperazine rings is 1. The van der Waals surface area contributed by atoms with Gasteiger partial charge in [-0.3, -0.25) is 19.7 Å². The summed E-state index contributed by atoms with van der Waals surface area (Å²) in [7, 11) is 1.38. The molecule has 1 heterocycles. The topological polar surface area (TPSA) is 102 Å². The van der Waals surface area contributed by atoms with Gasteiger partial charge in [-0.2, -0.15) is 0 Å². The zero-order valence-electron chi connectivity index (χ0n) is 11.7. The second-order valence-electron chi connectivity index (χ2n) is 4.61. The first-order valence-electron chi connectivity index (χ1n) is 6.37. The van der Waals surface area contributed by atoms with Gasteiger partial charge in [0.05, 0.1) is 17.6 Å². The number of hydrogen-bond acceptors (Lipinski definition) is 5. The minimum atomic E-state index is -0.629. The van der Waals surface area contributed by atoms with Crippen molar-refractivity contribution in [3.05, 3.63) is 33.9 Å². The Labute approximate surface area is 120 Å². The van der Waals surface area contributed by atoms with Crippen LogP contribution in [0, 0.1) is 10.1 Å². The molecule has 0 aliphatic carbocycles. The first-order chi connectivity index (χ1) is 9.95. The van der Waals surface area contributed by atoms with Crippen LogP contribution < -0.4 is 10.1 Å². The average Bonchev–Trinajstić information content (AvgIpc) is 2.48. The normalized spacial score (nSPS) is 18.1. The van der Waals surface area contributed by atoms with Crippen LogP contribution in [0.15, 0.2) is 18.2 Å². The lowest BCUT2D eigenvalue weighted by atomic mass is 10.1. The van der Waals surface area contributed by atoms with E-state index in [-0.39, 0.29) is 22.9 Å². The number of nitro groups is 1. The molecule has 0 aromatic heterocycles. The number of nitrogens with zero attached hydrogens (tertiary/aromatic N) is 2. The van der Waals surface area contributed by atoms with Gasteiger partial charge in [-0.05, 0) is 13.0 Å². The Morgan fingerprint density at radius 1 is 1.52 bits per heavy atom. The molecule has 1 fully saturated rings. The third-order valence-corrected chi connectivity index (χ3v) is 3.38. The largest absolute Gasteiger partial charge is 0.496 e. The maximum absolute atomic E-state index is 12.6. The summed E-state index contributed by atoms with van der Waals surface area (Å²) in [6.45, 7) is 2.31. The summed E-state index contributed by atoms with van der Waals surface area (Å²) in [6.07, 6.45) is 0. The molecule has 1 N–H and O–H groups in total. The van der Waals surface area contributed by atoms with E-state index in [2.05, 4.69) is 5.32 Å². The monoisotopic (exact) mass is 293 g/mol. The number of methoxy groups -OCH3 is 1. The first-order valence-corrected chi connectivity index (χ1v) is 6.37. The van der Waals surface area contributed by atoms with Crippen LogP contribution >= 0.6 is 0 Å². The number of carbonyl (C=O) groups excluding carboxylic acids is 2. The van der Waals surface area contributed by atoms with Crippen molar-refractivity contribution in [1.29, 1.82) is 0 Å². The van der Waals surface area contributed by atoms with Crippen LogP contribution in [0.5, 0.6) is 5.75 Å². The third kappa shape index (κ3) is 2.78. The molecule has 1 aromatic rings. The highest BCUT2D eigenvalue weighted by atomic mass is 16.6. The fraction of sp³-hybridized carbons (Fsp3) is 0.385. The highest BCUT2D eigenvalue weighted by molar-refractivity contribution is 6.00. The minimum absolute atomic E-state index is 0.0771. The molecular formula is C13H15N3O5. The van der Waals surface area contributed by atoms with Crippen molar-refractivity contribution in [2.24, 2.45) is 0 Å². The number of rotatable bonds is 3. The number of hydrogen-bond donors (Lipinski definition) is 1. The Morgan fingerprint density at radius 3 is 2.86 bits per heavy atom. The molecule has 2 rings (SSSR count). The molecular weight excluding hydrogens is 278 g/mol. The molecule has 1 aliphatic heterocycles. The van der Waals surface area contributed by atoms with E-state index in [1.807, 2.05) is 0 Å². The van der Waals surface area contributed by atoms with Gasteiger partial charge >= 0.3 is 0 Å². The van der Waals surface area contributed by atoms with Crippen molar-refractivity contribution in [2.75, 3.05) is 20.2 Å². The van der Waals surface area contributed by atoms with Crippen LogP contribution in [0.25, 0.3) is 0 Å². The minimum Gasteiger partial charge on any atom is -0.496 e. The van der Waals surface area contributed by atoms with Gasteiger partial charge in [0, 0.05) is 25.2 Å². The van der Waals surface area contributed by atoms with Crippen molar-refractivity contribution in [3.63, 3.8) is 0 Å². The van der Waals surface area contributed by atoms with Crippen molar-refractivity contribution >= 4 is 17.5 Å². The van der Waals surface area contributed by atoms with E-state index >= 15 is 0 Å². The molecule has 1 aliphatic rings. The lowest BCUT2D eigenvalue weighted by molar-refractivity contribution is -0.384. The van der Waals surface area contributed by atoms with Gasteiger partial charge in [-0.25, -0.2) is 0 Å². The maximum Gasteiger partial charge on any atom is 0.270 e. The zero-order valence-corrected chi connectivity index (χ0v) is 11.7. The SMILES string of the molecule is COc1ccc([N+](=O)[O-])cc1C(=O)N1CCNC(=O)C1C. The number of nitro benzene ring substituents is 1. The van der Waals surface area contributed by atoms with E-state index in [4.69, 9.17) is 4.74 Å². The van der Waals surface area contributed by atoms with Crippen LogP contribution in [0.1, 0.15) is 17.3 Å². The average molecular weight is 293 g/mol. The van der Waals surface area contributed by atoms with Crippen molar-refractivity contribution in [1.82, 2.24) is 10.2 Å². The standard InChI is InChI=1S/C13H15N3O5/c1-8-12(17)14-5-6-15(8)13(18)10-7-9(16(19)20)3-4-11(10)21-2/h3-4,7-8H,5-6H2,1-2H3,(H,14,17). The molecule has 1 aromatic carbocycles. The summed E-state index contributed by atoms with van der Waals surface area (Å²) in [5, 5.41) is 13.5. The number of carbonyl (C=O) groups is 2. The van der Waals surface area contributed by atoms with Gasteiger partial charge in [-0.1, -0.05) is 0 Å². The quantitative estimate of drug-likeness (QED) is 0.648. The fourth-order valence-corrected chi connectivity index (χ4v) is 2.19. The van der Waals surface area contributed by atoms with Crippen molar-refractivity contribution in [2.45, 2.75) is 13.0 Å². The smallest absolute Gasteiger partial charge is 0.270 e. The number of nitrogens with one attached hydrogen (secondary N) is 1. The molecule has 1 atom stereocenters. The lowest BCUT2D eigenvalue weighted by Gasteiger charge is -2.33. The maximum atomic E-state index is 12.6. The summed E-state index contributed by atoms with van der Waals surface area (Å²) in [6, 6.07) is 3.18. The van der Waals surface area contributed by atoms with Gasteiger partial charge in [0.25, 0.3) is 11.6 Å². The Bertz CT molecular complexity index is 601. The molecule has 0 spiro atoms. The number of non-ortho nitro benzene ring substituents is 1. The highest BCUT2D eigenvalue weighted by Crippen LogP contribution is 2.26. The molecule has 2 amide bonds. The number of amides is 2. The summed E-state index contributed by atoms with van der Waals surface area (Å²) in [5.41, 5.74) is -0.124. The zero-order chi connectivity index (χ0) is 15.6. The molecule has 8 heteroatoms. The Balaban J connectivity index is 2.39. The molecule has 21 heavy (non-hydrogen) atoms. The van der Waals surface area contributed by atoms with E-state index in [0.29, 0.717) is 13.1 Å². The van der Waals surface area contributed by atoms with E-state index in [1.165, 1.54) is 30.2 Å². The third-order valence-electron chi connectivity index (χ3n) is 3.38. The molecule has 0 bridgehead atoms. The fourth-order valence-electron chi connectivity index (χ4n) is 2.19. The van der Waals surface area contributed by atoms with E-state index < -0.39 is 16.9 Å². The van der Waals surface area contributed by atoms with Crippen molar-refractivity contribution < 1.29 is 19.2 Å². The van der Waals surface area contributed by atoms with Crippen LogP contribution in [-0.4, -0.2) is 47.9 Å².